The molecule has 0 saturated carbocycles. The lowest BCUT2D eigenvalue weighted by Crippen LogP contribution is -2.52. The minimum absolute atomic E-state index is 2.28. The van der Waals surface area contributed by atoms with Crippen LogP contribution in [0.4, 0.5) is 30.7 Å². The Morgan fingerprint density at radius 1 is 0.895 bits per heavy atom. The van der Waals surface area contributed by atoms with Crippen LogP contribution in [0.15, 0.2) is 12.1 Å². The third-order valence-electron chi connectivity index (χ3n) is 1.31. The second-order valence-corrected chi connectivity index (χ2v) is 5.63. The summed E-state index contributed by atoms with van der Waals surface area (Å²) in [5.74, 6) is 0. The van der Waals surface area contributed by atoms with Crippen LogP contribution < -0.4 is 0 Å². The number of alkyl halides is 4. The summed E-state index contributed by atoms with van der Waals surface area (Å²) < 4.78 is 136. The monoisotopic (exact) mass is 342 g/mol. The molecule has 114 valence electrons. The van der Waals surface area contributed by atoms with E-state index in [0.717, 1.165) is 0 Å². The van der Waals surface area contributed by atoms with Crippen LogP contribution in [0.3, 0.4) is 0 Å². The largest absolute Gasteiger partial charge is 0.461 e. The third-order valence-corrected chi connectivity index (χ3v) is 3.59. The molecule has 0 saturated heterocycles. The quantitative estimate of drug-likeness (QED) is 0.351. The van der Waals surface area contributed by atoms with Crippen LogP contribution in [-0.4, -0.2) is 31.9 Å². The van der Waals surface area contributed by atoms with Crippen LogP contribution in [0.2, 0.25) is 0 Å². The van der Waals surface area contributed by atoms with Gasteiger partial charge in [0.15, 0.2) is 0 Å². The zero-order valence-corrected chi connectivity index (χ0v) is 9.58. The van der Waals surface area contributed by atoms with Gasteiger partial charge in [-0.15, -0.1) is 0 Å². The Morgan fingerprint density at radius 3 is 1.53 bits per heavy atom. The molecule has 0 aliphatic rings. The molecule has 0 aliphatic carbocycles. The van der Waals surface area contributed by atoms with Crippen molar-refractivity contribution in [2.45, 2.75) is 10.5 Å². The van der Waals surface area contributed by atoms with Gasteiger partial charge in [-0.25, -0.2) is 0 Å². The fraction of sp³-hybridized carbons (Fsp3) is 0.500. The van der Waals surface area contributed by atoms with Gasteiger partial charge in [-0.05, 0) is 0 Å². The number of hydrogen-bond donors (Lipinski definition) is 1. The van der Waals surface area contributed by atoms with E-state index in [1.807, 2.05) is 0 Å². The van der Waals surface area contributed by atoms with E-state index in [1.54, 1.807) is 0 Å². The van der Waals surface area contributed by atoms with E-state index in [0.29, 0.717) is 0 Å². The molecule has 0 amide bonds. The summed E-state index contributed by atoms with van der Waals surface area (Å²) in [5.41, 5.74) is 0. The molecule has 6 nitrogen and oxygen atoms in total. The van der Waals surface area contributed by atoms with E-state index in [9.17, 15) is 47.6 Å². The van der Waals surface area contributed by atoms with Gasteiger partial charge >= 0.3 is 42.8 Å². The van der Waals surface area contributed by atoms with Crippen molar-refractivity contribution < 1.29 is 56.3 Å². The normalized spacial score (nSPS) is 14.1. The first-order valence-corrected chi connectivity index (χ1v) is 6.30. The molecule has 0 spiro atoms. The van der Waals surface area contributed by atoms with Crippen LogP contribution in [0.1, 0.15) is 0 Å². The van der Waals surface area contributed by atoms with Gasteiger partial charge in [0.2, 0.25) is 0 Å². The first-order valence-electron chi connectivity index (χ1n) is 3.45. The molecule has 0 atom stereocenters. The molecule has 0 rings (SSSR count). The predicted molar refractivity (Wildman–Crippen MR) is 41.8 cm³/mol. The Labute approximate surface area is 99.9 Å². The summed E-state index contributed by atoms with van der Waals surface area (Å²) >= 11 is 0. The van der Waals surface area contributed by atoms with Crippen molar-refractivity contribution in [2.75, 3.05) is 0 Å². The molecule has 0 fully saturated rings. The highest BCUT2D eigenvalue weighted by atomic mass is 32.2. The predicted octanol–water partition coefficient (Wildman–Crippen LogP) is 1.44. The fourth-order valence-electron chi connectivity index (χ4n) is 0.476. The molecular weight excluding hydrogens is 341 g/mol. The molecule has 15 heteroatoms. The van der Waals surface area contributed by atoms with Crippen LogP contribution in [0, 0.1) is 0 Å². The summed E-state index contributed by atoms with van der Waals surface area (Å²) in [7, 11) is -14.1. The highest BCUT2D eigenvalue weighted by Gasteiger charge is 2.75. The molecule has 19 heavy (non-hydrogen) atoms. The molecule has 0 aliphatic heterocycles. The van der Waals surface area contributed by atoms with Crippen molar-refractivity contribution >= 4 is 20.2 Å². The summed E-state index contributed by atoms with van der Waals surface area (Å²) in [6.07, 6.45) is -3.59. The van der Waals surface area contributed by atoms with E-state index in [-0.39, 0.29) is 0 Å². The van der Waals surface area contributed by atoms with Crippen LogP contribution in [-0.2, 0) is 24.4 Å². The van der Waals surface area contributed by atoms with Gasteiger partial charge in [-0.2, -0.15) is 47.6 Å². The van der Waals surface area contributed by atoms with Crippen LogP contribution >= 0.6 is 0 Å². The SMILES string of the molecule is O=S(=O)(O)C(F)(F)C(F)(F)S(=O)(=O)OC(F)=C(F)F. The van der Waals surface area contributed by atoms with Gasteiger partial charge in [-0.3, -0.25) is 4.55 Å². The molecule has 0 radical (unpaired) electrons. The summed E-state index contributed by atoms with van der Waals surface area (Å²) in [6.45, 7) is 0. The van der Waals surface area contributed by atoms with E-state index in [2.05, 4.69) is 4.18 Å². The Bertz CT molecular complexity index is 585. The van der Waals surface area contributed by atoms with Gasteiger partial charge in [0.05, 0.1) is 0 Å². The second kappa shape index (κ2) is 4.78. The van der Waals surface area contributed by atoms with Gasteiger partial charge in [0.1, 0.15) is 0 Å². The maximum atomic E-state index is 12.7. The van der Waals surface area contributed by atoms with Crippen molar-refractivity contribution in [1.29, 1.82) is 0 Å². The van der Waals surface area contributed by atoms with Gasteiger partial charge < -0.3 is 4.18 Å². The Balaban J connectivity index is 5.88. The molecule has 0 heterocycles. The van der Waals surface area contributed by atoms with Gasteiger partial charge in [-0.1, -0.05) is 0 Å². The fourth-order valence-corrected chi connectivity index (χ4v) is 2.05. The van der Waals surface area contributed by atoms with Gasteiger partial charge in [0.25, 0.3) is 0 Å². The Kier molecular flexibility index (Phi) is 4.51. The smallest absolute Gasteiger partial charge is 0.342 e. The molecule has 0 aromatic rings. The molecule has 0 unspecified atom stereocenters. The lowest BCUT2D eigenvalue weighted by molar-refractivity contribution is -0.107. The Morgan fingerprint density at radius 2 is 1.26 bits per heavy atom. The van der Waals surface area contributed by atoms with E-state index < -0.39 is 42.8 Å². The maximum Gasteiger partial charge on any atom is 0.461 e. The minimum atomic E-state index is -7.18. The number of halogens is 7. The number of hydrogen-bond acceptors (Lipinski definition) is 5. The summed E-state index contributed by atoms with van der Waals surface area (Å²) in [5, 5.41) is -13.4. The van der Waals surface area contributed by atoms with Gasteiger partial charge in [0, 0.05) is 0 Å². The van der Waals surface area contributed by atoms with Crippen molar-refractivity contribution in [3.05, 3.63) is 12.1 Å². The minimum Gasteiger partial charge on any atom is -0.342 e. The third kappa shape index (κ3) is 3.08. The highest BCUT2D eigenvalue weighted by Crippen LogP contribution is 2.43. The van der Waals surface area contributed by atoms with Crippen molar-refractivity contribution in [3.63, 3.8) is 0 Å². The second-order valence-electron chi connectivity index (χ2n) is 2.58. The van der Waals surface area contributed by atoms with Crippen molar-refractivity contribution in [3.8, 4) is 0 Å². The summed E-state index contributed by atoms with van der Waals surface area (Å²) in [4.78, 5) is 0. The molecule has 0 aromatic heterocycles. The highest BCUT2D eigenvalue weighted by molar-refractivity contribution is 7.91. The number of rotatable bonds is 5. The average molecular weight is 342 g/mol. The average Bonchev–Trinajstić information content (AvgIpc) is 2.14. The first kappa shape index (κ1) is 17.9. The molecule has 0 bridgehead atoms. The van der Waals surface area contributed by atoms with E-state index in [1.165, 1.54) is 0 Å². The van der Waals surface area contributed by atoms with E-state index >= 15 is 0 Å². The van der Waals surface area contributed by atoms with E-state index in [4.69, 9.17) is 4.55 Å². The zero-order valence-electron chi connectivity index (χ0n) is 7.95. The Hall–Kier alpha value is -1.09. The molecule has 1 N–H and O–H groups in total. The lowest BCUT2D eigenvalue weighted by atomic mass is 10.7. The van der Waals surface area contributed by atoms with Crippen molar-refractivity contribution in [1.82, 2.24) is 0 Å². The lowest BCUT2D eigenvalue weighted by Gasteiger charge is -2.22. The maximum absolute atomic E-state index is 12.7. The summed E-state index contributed by atoms with van der Waals surface area (Å²) in [6, 6.07) is -3.47. The molecule has 0 aromatic carbocycles. The molecular formula is C4HF7O6S2. The van der Waals surface area contributed by atoms with Crippen LogP contribution in [0.25, 0.3) is 0 Å². The standard InChI is InChI=1S/C4HF7O6S2/c5-1(6)2(7)17-19(15,16)4(10,11)3(8,9)18(12,13)14/h(H,12,13,14). The zero-order chi connectivity index (χ0) is 15.9. The van der Waals surface area contributed by atoms with Crippen LogP contribution in [0.5, 0.6) is 0 Å². The topological polar surface area (TPSA) is 97.7 Å². The first-order chi connectivity index (χ1) is 8.08. The van der Waals surface area contributed by atoms with Crippen molar-refractivity contribution in [2.24, 2.45) is 0 Å².